The Balaban J connectivity index is 1.39. The summed E-state index contributed by atoms with van der Waals surface area (Å²) < 4.78 is 5.90. The van der Waals surface area contributed by atoms with E-state index in [2.05, 4.69) is 22.5 Å². The van der Waals surface area contributed by atoms with Crippen LogP contribution in [0.25, 0.3) is 0 Å². The molecule has 1 aromatic heterocycles. The van der Waals surface area contributed by atoms with Gasteiger partial charge in [-0.1, -0.05) is 13.3 Å². The molecule has 0 unspecified atom stereocenters. The molecular formula is C16H23N3O2S. The molecule has 2 N–H and O–H groups in total. The van der Waals surface area contributed by atoms with Gasteiger partial charge in [0.1, 0.15) is 5.01 Å². The molecule has 4 rings (SSSR count). The molecule has 1 aromatic rings. The van der Waals surface area contributed by atoms with E-state index in [1.165, 1.54) is 19.3 Å². The van der Waals surface area contributed by atoms with Crippen molar-refractivity contribution < 1.29 is 9.53 Å². The number of hydrogen-bond donors (Lipinski definition) is 2. The first-order valence-electron chi connectivity index (χ1n) is 8.32. The van der Waals surface area contributed by atoms with Gasteiger partial charge in [-0.2, -0.15) is 0 Å². The van der Waals surface area contributed by atoms with Crippen LogP contribution in [-0.2, 0) is 4.74 Å². The molecule has 120 valence electrons. The molecule has 1 aliphatic heterocycles. The summed E-state index contributed by atoms with van der Waals surface area (Å²) in [6, 6.07) is 0.249. The standard InChI is InChI=1S/C16H23N3O2S/c1-2-11(14-17-7-9-22-14)18-15(20)19-12-10-4-8-21-13(10)16(12)5-3-6-16/h7,9-13H,2-6,8H2,1H3,(H2,18,19,20)/t10-,11+,12-,13-/m1/s1. The third kappa shape index (κ3) is 2.07. The number of nitrogens with zero attached hydrogens (tertiary/aromatic N) is 1. The van der Waals surface area contributed by atoms with E-state index in [1.54, 1.807) is 17.5 Å². The van der Waals surface area contributed by atoms with Crippen molar-refractivity contribution in [2.24, 2.45) is 11.3 Å². The second kappa shape index (κ2) is 5.49. The predicted octanol–water partition coefficient (Wildman–Crippen LogP) is 2.85. The van der Waals surface area contributed by atoms with Crippen molar-refractivity contribution in [3.8, 4) is 0 Å². The summed E-state index contributed by atoms with van der Waals surface area (Å²) in [6.45, 7) is 2.93. The van der Waals surface area contributed by atoms with E-state index in [1.807, 2.05) is 5.38 Å². The molecule has 5 nitrogen and oxygen atoms in total. The van der Waals surface area contributed by atoms with Gasteiger partial charge >= 0.3 is 6.03 Å². The lowest BCUT2D eigenvalue weighted by molar-refractivity contribution is -0.172. The summed E-state index contributed by atoms with van der Waals surface area (Å²) in [5.41, 5.74) is 0.237. The first kappa shape index (κ1) is 14.5. The molecule has 2 heterocycles. The maximum absolute atomic E-state index is 12.4. The Bertz CT molecular complexity index is 544. The average molecular weight is 321 g/mol. The number of fused-ring (bicyclic) bond motifs is 2. The summed E-state index contributed by atoms with van der Waals surface area (Å²) in [7, 11) is 0. The lowest BCUT2D eigenvalue weighted by Gasteiger charge is -2.63. The van der Waals surface area contributed by atoms with Gasteiger partial charge in [-0.15, -0.1) is 11.3 Å². The van der Waals surface area contributed by atoms with Gasteiger partial charge in [0.15, 0.2) is 0 Å². The predicted molar refractivity (Wildman–Crippen MR) is 84.7 cm³/mol. The maximum Gasteiger partial charge on any atom is 0.315 e. The van der Waals surface area contributed by atoms with E-state index in [-0.39, 0.29) is 17.5 Å². The van der Waals surface area contributed by atoms with E-state index in [9.17, 15) is 4.79 Å². The van der Waals surface area contributed by atoms with Crippen LogP contribution in [0.3, 0.4) is 0 Å². The van der Waals surface area contributed by atoms with Crippen molar-refractivity contribution in [2.75, 3.05) is 6.61 Å². The van der Waals surface area contributed by atoms with Gasteiger partial charge in [0, 0.05) is 35.6 Å². The number of ether oxygens (including phenoxy) is 1. The first-order chi connectivity index (χ1) is 10.7. The number of amides is 2. The third-order valence-electron chi connectivity index (χ3n) is 5.79. The van der Waals surface area contributed by atoms with E-state index < -0.39 is 0 Å². The van der Waals surface area contributed by atoms with Crippen molar-refractivity contribution in [3.05, 3.63) is 16.6 Å². The Hall–Kier alpha value is -1.14. The normalized spacial score (nSPS) is 32.7. The molecule has 0 aromatic carbocycles. The molecule has 22 heavy (non-hydrogen) atoms. The van der Waals surface area contributed by atoms with Gasteiger partial charge in [0.05, 0.1) is 12.1 Å². The zero-order valence-corrected chi connectivity index (χ0v) is 13.7. The lowest BCUT2D eigenvalue weighted by Crippen LogP contribution is -2.72. The minimum absolute atomic E-state index is 0.00745. The highest BCUT2D eigenvalue weighted by atomic mass is 32.1. The van der Waals surface area contributed by atoms with Gasteiger partial charge in [-0.25, -0.2) is 9.78 Å². The Morgan fingerprint density at radius 1 is 1.59 bits per heavy atom. The number of carbonyl (C=O) groups excluding carboxylic acids is 1. The largest absolute Gasteiger partial charge is 0.377 e. The molecule has 2 aliphatic carbocycles. The van der Waals surface area contributed by atoms with Crippen molar-refractivity contribution in [3.63, 3.8) is 0 Å². The number of thiazole rings is 1. The van der Waals surface area contributed by atoms with Crippen LogP contribution in [-0.4, -0.2) is 29.8 Å². The summed E-state index contributed by atoms with van der Waals surface area (Å²) in [5, 5.41) is 9.28. The summed E-state index contributed by atoms with van der Waals surface area (Å²) in [4.78, 5) is 16.8. The SMILES string of the molecule is CC[C@H](NC(=O)N[C@@H]1[C@H]2CCO[C@H]2C12CCC2)c1nccs1. The Labute approximate surface area is 134 Å². The van der Waals surface area contributed by atoms with Gasteiger partial charge in [-0.05, 0) is 25.7 Å². The van der Waals surface area contributed by atoms with E-state index in [0.29, 0.717) is 18.1 Å². The molecular weight excluding hydrogens is 298 g/mol. The minimum Gasteiger partial charge on any atom is -0.377 e. The highest BCUT2D eigenvalue weighted by Gasteiger charge is 2.67. The molecule has 6 heteroatoms. The van der Waals surface area contributed by atoms with Crippen LogP contribution in [0.1, 0.15) is 50.1 Å². The molecule has 1 saturated heterocycles. The van der Waals surface area contributed by atoms with Crippen LogP contribution >= 0.6 is 11.3 Å². The number of rotatable bonds is 4. The van der Waals surface area contributed by atoms with Gasteiger partial charge in [0.25, 0.3) is 0 Å². The molecule has 4 atom stereocenters. The van der Waals surface area contributed by atoms with Gasteiger partial charge < -0.3 is 15.4 Å². The van der Waals surface area contributed by atoms with E-state index >= 15 is 0 Å². The van der Waals surface area contributed by atoms with Gasteiger partial charge in [-0.3, -0.25) is 0 Å². The quantitative estimate of drug-likeness (QED) is 0.896. The first-order valence-corrected chi connectivity index (χ1v) is 9.20. The molecule has 0 bridgehead atoms. The topological polar surface area (TPSA) is 63.2 Å². The Morgan fingerprint density at radius 3 is 3.09 bits per heavy atom. The van der Waals surface area contributed by atoms with Crippen LogP contribution in [0, 0.1) is 11.3 Å². The number of nitrogens with one attached hydrogen (secondary N) is 2. The van der Waals surface area contributed by atoms with Crippen molar-refractivity contribution in [1.82, 2.24) is 15.6 Å². The minimum atomic E-state index is -0.0522. The van der Waals surface area contributed by atoms with E-state index in [0.717, 1.165) is 24.5 Å². The average Bonchev–Trinajstić information content (AvgIpc) is 3.11. The fraction of sp³-hybridized carbons (Fsp3) is 0.750. The monoisotopic (exact) mass is 321 g/mol. The smallest absolute Gasteiger partial charge is 0.315 e. The summed E-state index contributed by atoms with van der Waals surface area (Å²) >= 11 is 1.59. The van der Waals surface area contributed by atoms with Gasteiger partial charge in [0.2, 0.25) is 0 Å². The number of aromatic nitrogens is 1. The fourth-order valence-electron chi connectivity index (χ4n) is 4.54. The second-order valence-corrected chi connectivity index (χ2v) is 7.68. The third-order valence-corrected chi connectivity index (χ3v) is 6.67. The second-order valence-electron chi connectivity index (χ2n) is 6.76. The highest BCUT2D eigenvalue weighted by molar-refractivity contribution is 7.09. The molecule has 3 fully saturated rings. The molecule has 2 amide bonds. The lowest BCUT2D eigenvalue weighted by atomic mass is 9.46. The zero-order valence-electron chi connectivity index (χ0n) is 12.9. The zero-order chi connectivity index (χ0) is 15.2. The number of carbonyl (C=O) groups is 1. The molecule has 0 radical (unpaired) electrons. The molecule has 1 spiro atoms. The van der Waals surface area contributed by atoms with Crippen LogP contribution < -0.4 is 10.6 Å². The summed E-state index contributed by atoms with van der Waals surface area (Å²) in [6.07, 6.45) is 7.78. The highest BCUT2D eigenvalue weighted by Crippen LogP contribution is 2.62. The van der Waals surface area contributed by atoms with Crippen molar-refractivity contribution in [1.29, 1.82) is 0 Å². The maximum atomic E-state index is 12.4. The summed E-state index contributed by atoms with van der Waals surface area (Å²) in [5.74, 6) is 0.519. The Morgan fingerprint density at radius 2 is 2.45 bits per heavy atom. The van der Waals surface area contributed by atoms with Crippen LogP contribution in [0.4, 0.5) is 4.79 Å². The van der Waals surface area contributed by atoms with Crippen molar-refractivity contribution >= 4 is 17.4 Å². The Kier molecular flexibility index (Phi) is 3.61. The molecule has 3 aliphatic rings. The fourth-order valence-corrected chi connectivity index (χ4v) is 5.31. The van der Waals surface area contributed by atoms with E-state index in [4.69, 9.17) is 4.74 Å². The van der Waals surface area contributed by atoms with Crippen LogP contribution in [0.2, 0.25) is 0 Å². The van der Waals surface area contributed by atoms with Crippen molar-refractivity contribution in [2.45, 2.75) is 57.2 Å². The molecule has 2 saturated carbocycles. The van der Waals surface area contributed by atoms with Crippen LogP contribution in [0.15, 0.2) is 11.6 Å². The number of hydrogen-bond acceptors (Lipinski definition) is 4. The number of urea groups is 1. The van der Waals surface area contributed by atoms with Crippen LogP contribution in [0.5, 0.6) is 0 Å².